The molecule has 0 aliphatic rings. The molecule has 5 nitrogen and oxygen atoms in total. The molecule has 1 atom stereocenters. The van der Waals surface area contributed by atoms with Crippen molar-refractivity contribution in [2.24, 2.45) is 0 Å². The highest BCUT2D eigenvalue weighted by atomic mass is 16.6. The molecule has 0 radical (unpaired) electrons. The van der Waals surface area contributed by atoms with Crippen LogP contribution in [0.4, 0.5) is 0 Å². The molecule has 1 aromatic carbocycles. The summed E-state index contributed by atoms with van der Waals surface area (Å²) in [4.78, 5) is 21.9. The van der Waals surface area contributed by atoms with Gasteiger partial charge in [0, 0.05) is 13.8 Å². The van der Waals surface area contributed by atoms with E-state index in [9.17, 15) is 9.59 Å². The Morgan fingerprint density at radius 3 is 2.52 bits per heavy atom. The molecule has 1 unspecified atom stereocenters. The highest BCUT2D eigenvalue weighted by molar-refractivity contribution is 5.67. The van der Waals surface area contributed by atoms with E-state index in [2.05, 4.69) is 6.58 Å². The molecule has 0 saturated carbocycles. The molecule has 0 spiro atoms. The van der Waals surface area contributed by atoms with Crippen molar-refractivity contribution in [3.8, 4) is 5.75 Å². The maximum Gasteiger partial charge on any atom is 0.303 e. The summed E-state index contributed by atoms with van der Waals surface area (Å²) in [5.74, 6) is -0.188. The number of benzene rings is 1. The third-order valence-electron chi connectivity index (χ3n) is 2.57. The van der Waals surface area contributed by atoms with E-state index < -0.39 is 18.0 Å². The molecule has 1 aromatic rings. The van der Waals surface area contributed by atoms with Gasteiger partial charge in [-0.3, -0.25) is 9.59 Å². The van der Waals surface area contributed by atoms with Crippen molar-refractivity contribution in [3.63, 3.8) is 0 Å². The molecule has 0 saturated heterocycles. The van der Waals surface area contributed by atoms with Gasteiger partial charge in [0.05, 0.1) is 0 Å². The van der Waals surface area contributed by atoms with Crippen molar-refractivity contribution in [3.05, 3.63) is 42.5 Å². The van der Waals surface area contributed by atoms with Crippen molar-refractivity contribution < 1.29 is 23.8 Å². The van der Waals surface area contributed by atoms with Gasteiger partial charge in [-0.15, -0.1) is 6.58 Å². The lowest BCUT2D eigenvalue weighted by Crippen LogP contribution is -2.30. The molecule has 114 valence electrons. The van der Waals surface area contributed by atoms with Crippen LogP contribution in [0.25, 0.3) is 0 Å². The minimum Gasteiger partial charge on any atom is -0.489 e. The molecule has 0 amide bonds. The number of ether oxygens (including phenoxy) is 3. The van der Waals surface area contributed by atoms with Gasteiger partial charge < -0.3 is 14.2 Å². The van der Waals surface area contributed by atoms with Crippen LogP contribution in [0, 0.1) is 0 Å². The number of hydrogen-bond acceptors (Lipinski definition) is 5. The van der Waals surface area contributed by atoms with Crippen molar-refractivity contribution in [1.29, 1.82) is 0 Å². The fourth-order valence-electron chi connectivity index (χ4n) is 1.71. The van der Waals surface area contributed by atoms with Crippen LogP contribution in [0.3, 0.4) is 0 Å². The Kier molecular flexibility index (Phi) is 7.01. The van der Waals surface area contributed by atoms with E-state index in [1.54, 1.807) is 6.08 Å². The van der Waals surface area contributed by atoms with Gasteiger partial charge >= 0.3 is 11.9 Å². The highest BCUT2D eigenvalue weighted by Gasteiger charge is 2.15. The monoisotopic (exact) mass is 292 g/mol. The molecule has 21 heavy (non-hydrogen) atoms. The molecule has 0 N–H and O–H groups in total. The molecule has 5 heteroatoms. The smallest absolute Gasteiger partial charge is 0.303 e. The van der Waals surface area contributed by atoms with E-state index in [0.29, 0.717) is 12.2 Å². The molecule has 0 fully saturated rings. The molecular weight excluding hydrogens is 272 g/mol. The van der Waals surface area contributed by atoms with Crippen LogP contribution >= 0.6 is 0 Å². The molecule has 0 aromatic heterocycles. The van der Waals surface area contributed by atoms with Crippen LogP contribution in [0.5, 0.6) is 5.75 Å². The quantitative estimate of drug-likeness (QED) is 0.543. The lowest BCUT2D eigenvalue weighted by atomic mass is 10.1. The number of carbonyl (C=O) groups is 2. The summed E-state index contributed by atoms with van der Waals surface area (Å²) in [6.07, 6.45) is 1.83. The summed E-state index contributed by atoms with van der Waals surface area (Å²) < 4.78 is 15.6. The second kappa shape index (κ2) is 8.79. The zero-order valence-electron chi connectivity index (χ0n) is 12.3. The summed E-state index contributed by atoms with van der Waals surface area (Å²) in [5, 5.41) is 0. The maximum atomic E-state index is 11.0. The summed E-state index contributed by atoms with van der Waals surface area (Å²) in [5.41, 5.74) is 0.988. The number of carbonyl (C=O) groups excluding carboxylic acids is 2. The fraction of sp³-hybridized carbons (Fsp3) is 0.375. The predicted octanol–water partition coefficient (Wildman–Crippen LogP) is 2.29. The van der Waals surface area contributed by atoms with Crippen LogP contribution in [0.2, 0.25) is 0 Å². The van der Waals surface area contributed by atoms with E-state index in [-0.39, 0.29) is 13.2 Å². The Labute approximate surface area is 124 Å². The van der Waals surface area contributed by atoms with Gasteiger partial charge in [0.25, 0.3) is 0 Å². The Bertz CT molecular complexity index is 495. The molecule has 0 aliphatic carbocycles. The van der Waals surface area contributed by atoms with Gasteiger partial charge in [0.2, 0.25) is 0 Å². The maximum absolute atomic E-state index is 11.0. The van der Waals surface area contributed by atoms with Crippen molar-refractivity contribution in [2.75, 3.05) is 13.2 Å². The Hall–Kier alpha value is -2.30. The Morgan fingerprint density at radius 1 is 1.19 bits per heavy atom. The topological polar surface area (TPSA) is 61.8 Å². The summed E-state index contributed by atoms with van der Waals surface area (Å²) >= 11 is 0. The van der Waals surface area contributed by atoms with E-state index >= 15 is 0 Å². The van der Waals surface area contributed by atoms with Crippen LogP contribution in [-0.2, 0) is 25.5 Å². The van der Waals surface area contributed by atoms with Gasteiger partial charge in [-0.2, -0.15) is 0 Å². The average molecular weight is 292 g/mol. The summed E-state index contributed by atoms with van der Waals surface area (Å²) in [6.45, 7) is 6.38. The normalized spacial score (nSPS) is 11.3. The lowest BCUT2D eigenvalue weighted by molar-refractivity contribution is -0.158. The number of para-hydroxylation sites is 1. The molecule has 0 heterocycles. The van der Waals surface area contributed by atoms with Crippen LogP contribution < -0.4 is 4.74 Å². The zero-order chi connectivity index (χ0) is 15.7. The van der Waals surface area contributed by atoms with Gasteiger partial charge in [-0.1, -0.05) is 24.3 Å². The fourth-order valence-corrected chi connectivity index (χ4v) is 1.71. The predicted molar refractivity (Wildman–Crippen MR) is 78.0 cm³/mol. The third kappa shape index (κ3) is 6.61. The van der Waals surface area contributed by atoms with Crippen molar-refractivity contribution in [2.45, 2.75) is 26.4 Å². The second-order valence-corrected chi connectivity index (χ2v) is 4.45. The lowest BCUT2D eigenvalue weighted by Gasteiger charge is -2.18. The summed E-state index contributed by atoms with van der Waals surface area (Å²) in [6, 6.07) is 7.53. The molecule has 0 aliphatic heterocycles. The third-order valence-corrected chi connectivity index (χ3v) is 2.57. The average Bonchev–Trinajstić information content (AvgIpc) is 2.43. The van der Waals surface area contributed by atoms with E-state index in [1.165, 1.54) is 13.8 Å². The standard InChI is InChI=1S/C16H20O5/c1-4-7-14-8-5-6-9-16(14)20-11-15(21-13(3)18)10-19-12(2)17/h4-6,8-9,15H,1,7,10-11H2,2-3H3. The molecular formula is C16H20O5. The van der Waals surface area contributed by atoms with Gasteiger partial charge in [0.15, 0.2) is 6.10 Å². The van der Waals surface area contributed by atoms with Crippen LogP contribution in [0.15, 0.2) is 36.9 Å². The first-order valence-electron chi connectivity index (χ1n) is 6.65. The Morgan fingerprint density at radius 2 is 1.90 bits per heavy atom. The minimum absolute atomic E-state index is 0.0292. The summed E-state index contributed by atoms with van der Waals surface area (Å²) in [7, 11) is 0. The van der Waals surface area contributed by atoms with Gasteiger partial charge in [-0.25, -0.2) is 0 Å². The van der Waals surface area contributed by atoms with Crippen molar-refractivity contribution >= 4 is 11.9 Å². The van der Waals surface area contributed by atoms with Gasteiger partial charge in [-0.05, 0) is 18.1 Å². The van der Waals surface area contributed by atoms with Crippen LogP contribution in [0.1, 0.15) is 19.4 Å². The van der Waals surface area contributed by atoms with Crippen molar-refractivity contribution in [1.82, 2.24) is 0 Å². The number of rotatable bonds is 8. The van der Waals surface area contributed by atoms with Crippen LogP contribution in [-0.4, -0.2) is 31.3 Å². The first kappa shape index (κ1) is 16.8. The first-order valence-corrected chi connectivity index (χ1v) is 6.65. The number of esters is 2. The minimum atomic E-state index is -0.636. The SMILES string of the molecule is C=CCc1ccccc1OCC(COC(C)=O)OC(C)=O. The van der Waals surface area contributed by atoms with E-state index in [1.807, 2.05) is 24.3 Å². The van der Waals surface area contributed by atoms with E-state index in [4.69, 9.17) is 14.2 Å². The highest BCUT2D eigenvalue weighted by Crippen LogP contribution is 2.19. The molecule has 0 bridgehead atoms. The largest absolute Gasteiger partial charge is 0.489 e. The van der Waals surface area contributed by atoms with E-state index in [0.717, 1.165) is 5.56 Å². The second-order valence-electron chi connectivity index (χ2n) is 4.45. The number of hydrogen-bond donors (Lipinski definition) is 0. The number of allylic oxidation sites excluding steroid dienone is 1. The molecule has 1 rings (SSSR count). The Balaban J connectivity index is 2.64. The van der Waals surface area contributed by atoms with Gasteiger partial charge in [0.1, 0.15) is 19.0 Å². The zero-order valence-corrected chi connectivity index (χ0v) is 12.3. The first-order chi connectivity index (χ1) is 10.0.